The smallest absolute Gasteiger partial charge is 0.274 e. The molecular formula is C24H23ClN4O2. The van der Waals surface area contributed by atoms with Gasteiger partial charge in [0.25, 0.3) is 5.91 Å². The maximum atomic E-state index is 13.1. The molecule has 0 aliphatic carbocycles. The zero-order valence-corrected chi connectivity index (χ0v) is 18.0. The van der Waals surface area contributed by atoms with Gasteiger partial charge in [-0.2, -0.15) is 0 Å². The van der Waals surface area contributed by atoms with Crippen molar-refractivity contribution in [1.29, 1.82) is 0 Å². The number of carbonyl (C=O) groups excluding carboxylic acids is 1. The fraction of sp³-hybridized carbons (Fsp3) is 0.292. The molecule has 1 aliphatic rings. The van der Waals surface area contributed by atoms with Crippen molar-refractivity contribution in [3.63, 3.8) is 0 Å². The van der Waals surface area contributed by atoms with Crippen molar-refractivity contribution in [3.05, 3.63) is 88.5 Å². The van der Waals surface area contributed by atoms with Gasteiger partial charge in [-0.3, -0.25) is 4.79 Å². The van der Waals surface area contributed by atoms with Gasteiger partial charge in [0.1, 0.15) is 17.1 Å². The number of carbonyl (C=O) groups is 1. The number of aryl methyl sites for hydroxylation is 1. The zero-order valence-electron chi connectivity index (χ0n) is 17.3. The molecule has 1 aromatic carbocycles. The molecule has 0 unspecified atom stereocenters. The van der Waals surface area contributed by atoms with Gasteiger partial charge in [0.2, 0.25) is 0 Å². The Morgan fingerprint density at radius 1 is 1.23 bits per heavy atom. The quantitative estimate of drug-likeness (QED) is 0.458. The average Bonchev–Trinajstić information content (AvgIpc) is 3.43. The Labute approximate surface area is 185 Å². The van der Waals surface area contributed by atoms with E-state index in [1.165, 1.54) is 0 Å². The molecule has 6 nitrogen and oxygen atoms in total. The maximum absolute atomic E-state index is 13.1. The van der Waals surface area contributed by atoms with Crippen LogP contribution in [-0.2, 0) is 6.42 Å². The number of hydrogen-bond donors (Lipinski definition) is 0. The highest BCUT2D eigenvalue weighted by Crippen LogP contribution is 2.29. The molecule has 0 N–H and O–H groups in total. The van der Waals surface area contributed by atoms with Gasteiger partial charge in [0.05, 0.1) is 12.1 Å². The number of halogens is 1. The van der Waals surface area contributed by atoms with Crippen molar-refractivity contribution < 1.29 is 9.21 Å². The molecule has 4 heterocycles. The maximum Gasteiger partial charge on any atom is 0.274 e. The third-order valence-electron chi connectivity index (χ3n) is 5.87. The lowest BCUT2D eigenvalue weighted by Crippen LogP contribution is -2.39. The van der Waals surface area contributed by atoms with E-state index >= 15 is 0 Å². The van der Waals surface area contributed by atoms with Gasteiger partial charge in [0, 0.05) is 36.4 Å². The molecule has 1 fully saturated rings. The molecule has 0 radical (unpaired) electrons. The Morgan fingerprint density at radius 2 is 2.10 bits per heavy atom. The van der Waals surface area contributed by atoms with Crippen LogP contribution >= 0.6 is 11.6 Å². The van der Waals surface area contributed by atoms with Crippen LogP contribution in [0.3, 0.4) is 0 Å². The van der Waals surface area contributed by atoms with Crippen molar-refractivity contribution in [1.82, 2.24) is 19.3 Å². The Morgan fingerprint density at radius 3 is 2.94 bits per heavy atom. The van der Waals surface area contributed by atoms with Crippen molar-refractivity contribution in [2.45, 2.75) is 32.1 Å². The number of fused-ring (bicyclic) bond motifs is 1. The zero-order chi connectivity index (χ0) is 21.4. The SMILES string of the molecule is Cc1cccc2nc(C(=O)N3CCC[C@@H](c4ncc(Cc5ccccc5Cl)o4)C3)cn12. The predicted molar refractivity (Wildman–Crippen MR) is 119 cm³/mol. The molecule has 1 aliphatic heterocycles. The lowest BCUT2D eigenvalue weighted by atomic mass is 9.98. The summed E-state index contributed by atoms with van der Waals surface area (Å²) in [6.45, 7) is 3.30. The van der Waals surface area contributed by atoms with Gasteiger partial charge >= 0.3 is 0 Å². The van der Waals surface area contributed by atoms with Crippen LogP contribution in [0.25, 0.3) is 5.65 Å². The summed E-state index contributed by atoms with van der Waals surface area (Å²) in [6, 6.07) is 13.6. The first-order valence-corrected chi connectivity index (χ1v) is 10.9. The van der Waals surface area contributed by atoms with Gasteiger partial charge < -0.3 is 13.7 Å². The first-order valence-electron chi connectivity index (χ1n) is 10.5. The summed E-state index contributed by atoms with van der Waals surface area (Å²) in [5, 5.41) is 0.720. The molecule has 5 rings (SSSR count). The lowest BCUT2D eigenvalue weighted by Gasteiger charge is -2.30. The molecule has 4 aromatic rings. The molecule has 1 atom stereocenters. The molecule has 1 saturated heterocycles. The summed E-state index contributed by atoms with van der Waals surface area (Å²) < 4.78 is 8.00. The van der Waals surface area contributed by atoms with Crippen molar-refractivity contribution in [2.75, 3.05) is 13.1 Å². The van der Waals surface area contributed by atoms with Gasteiger partial charge in [-0.15, -0.1) is 0 Å². The highest BCUT2D eigenvalue weighted by atomic mass is 35.5. The molecule has 31 heavy (non-hydrogen) atoms. The number of pyridine rings is 1. The Bertz CT molecular complexity index is 1250. The monoisotopic (exact) mass is 434 g/mol. The fourth-order valence-electron chi connectivity index (χ4n) is 4.20. The van der Waals surface area contributed by atoms with Gasteiger partial charge in [-0.25, -0.2) is 9.97 Å². The lowest BCUT2D eigenvalue weighted by molar-refractivity contribution is 0.0692. The summed E-state index contributed by atoms with van der Waals surface area (Å²) in [6.07, 6.45) is 6.04. The Hall–Kier alpha value is -3.12. The van der Waals surface area contributed by atoms with Crippen LogP contribution in [0.1, 0.15) is 52.2 Å². The minimum Gasteiger partial charge on any atom is -0.445 e. The third-order valence-corrected chi connectivity index (χ3v) is 6.24. The Balaban J connectivity index is 1.31. The molecule has 158 valence electrons. The molecule has 1 amide bonds. The van der Waals surface area contributed by atoms with E-state index in [0.717, 1.165) is 47.1 Å². The fourth-order valence-corrected chi connectivity index (χ4v) is 4.40. The van der Waals surface area contributed by atoms with E-state index < -0.39 is 0 Å². The van der Waals surface area contributed by atoms with Crippen LogP contribution < -0.4 is 0 Å². The van der Waals surface area contributed by atoms with Crippen LogP contribution in [0, 0.1) is 6.92 Å². The van der Waals surface area contributed by atoms with E-state index in [9.17, 15) is 4.79 Å². The Kier molecular flexibility index (Phi) is 5.24. The number of likely N-dealkylation sites (tertiary alicyclic amines) is 1. The van der Waals surface area contributed by atoms with E-state index in [4.69, 9.17) is 16.0 Å². The number of oxazole rings is 1. The van der Waals surface area contributed by atoms with Crippen LogP contribution in [0.4, 0.5) is 0 Å². The number of rotatable bonds is 4. The van der Waals surface area contributed by atoms with Gasteiger partial charge in [-0.1, -0.05) is 35.9 Å². The molecule has 7 heteroatoms. The molecule has 3 aromatic heterocycles. The van der Waals surface area contributed by atoms with Crippen LogP contribution in [0.5, 0.6) is 0 Å². The molecule has 0 bridgehead atoms. The van der Waals surface area contributed by atoms with Crippen LogP contribution in [0.15, 0.2) is 59.3 Å². The second kappa shape index (κ2) is 8.19. The summed E-state index contributed by atoms with van der Waals surface area (Å²) >= 11 is 6.27. The van der Waals surface area contributed by atoms with E-state index in [0.29, 0.717) is 24.6 Å². The minimum atomic E-state index is -0.0457. The number of piperidine rings is 1. The van der Waals surface area contributed by atoms with E-state index in [1.54, 1.807) is 6.20 Å². The number of imidazole rings is 1. The number of nitrogens with zero attached hydrogens (tertiary/aromatic N) is 4. The summed E-state index contributed by atoms with van der Waals surface area (Å²) in [4.78, 5) is 24.0. The summed E-state index contributed by atoms with van der Waals surface area (Å²) in [7, 11) is 0. The van der Waals surface area contributed by atoms with Crippen molar-refractivity contribution >= 4 is 23.2 Å². The largest absolute Gasteiger partial charge is 0.445 e. The number of amides is 1. The number of aromatic nitrogens is 3. The predicted octanol–water partition coefficient (Wildman–Crippen LogP) is 4.89. The second-order valence-corrected chi connectivity index (χ2v) is 8.45. The first-order chi connectivity index (χ1) is 15.1. The third kappa shape index (κ3) is 3.95. The number of benzene rings is 1. The van der Waals surface area contributed by atoms with Gasteiger partial charge in [-0.05, 0) is 43.5 Å². The van der Waals surface area contributed by atoms with Crippen molar-refractivity contribution in [3.8, 4) is 0 Å². The molecule has 0 spiro atoms. The summed E-state index contributed by atoms with van der Waals surface area (Å²) in [5.41, 5.74) is 3.32. The minimum absolute atomic E-state index is 0.0457. The first kappa shape index (κ1) is 19.8. The van der Waals surface area contributed by atoms with E-state index in [2.05, 4.69) is 9.97 Å². The van der Waals surface area contributed by atoms with Crippen molar-refractivity contribution in [2.24, 2.45) is 0 Å². The molecule has 0 saturated carbocycles. The highest BCUT2D eigenvalue weighted by molar-refractivity contribution is 6.31. The van der Waals surface area contributed by atoms with Crippen LogP contribution in [-0.4, -0.2) is 38.3 Å². The second-order valence-electron chi connectivity index (χ2n) is 8.04. The van der Waals surface area contributed by atoms with Gasteiger partial charge in [0.15, 0.2) is 5.89 Å². The average molecular weight is 435 g/mol. The number of hydrogen-bond acceptors (Lipinski definition) is 4. The van der Waals surface area contributed by atoms with E-state index in [1.807, 2.05) is 64.9 Å². The molecular weight excluding hydrogens is 412 g/mol. The normalized spacial score (nSPS) is 16.7. The summed E-state index contributed by atoms with van der Waals surface area (Å²) in [5.74, 6) is 1.50. The van der Waals surface area contributed by atoms with E-state index in [-0.39, 0.29) is 11.8 Å². The topological polar surface area (TPSA) is 63.6 Å². The standard InChI is InChI=1S/C24H23ClN4O2/c1-16-6-4-10-22-27-21(15-29(16)22)24(30)28-11-5-8-18(14-28)23-26-13-19(31-23)12-17-7-2-3-9-20(17)25/h2-4,6-7,9-10,13,15,18H,5,8,11-12,14H2,1H3/t18-/m1/s1. The van der Waals surface area contributed by atoms with Crippen LogP contribution in [0.2, 0.25) is 5.02 Å². The highest BCUT2D eigenvalue weighted by Gasteiger charge is 2.29.